The molecule has 1 amide bonds. The number of pyridine rings is 1. The van der Waals surface area contributed by atoms with Crippen LogP contribution >= 0.6 is 0 Å². The number of nitrogens with zero attached hydrogens (tertiary/aromatic N) is 3. The van der Waals surface area contributed by atoms with Crippen molar-refractivity contribution >= 4 is 11.7 Å². The molecule has 5 nitrogen and oxygen atoms in total. The van der Waals surface area contributed by atoms with Gasteiger partial charge in [-0.15, -0.1) is 0 Å². The summed E-state index contributed by atoms with van der Waals surface area (Å²) in [5.74, 6) is 0.00559. The molecule has 0 atom stereocenters. The van der Waals surface area contributed by atoms with Gasteiger partial charge in [-0.3, -0.25) is 4.79 Å². The molecule has 126 valence electrons. The Labute approximate surface area is 132 Å². The summed E-state index contributed by atoms with van der Waals surface area (Å²) in [5, 5.41) is 3.18. The van der Waals surface area contributed by atoms with E-state index < -0.39 is 11.7 Å². The lowest BCUT2D eigenvalue weighted by Crippen LogP contribution is -2.45. The van der Waals surface area contributed by atoms with Gasteiger partial charge in [-0.2, -0.15) is 13.2 Å². The maximum Gasteiger partial charge on any atom is 0.417 e. The Kier molecular flexibility index (Phi) is 4.43. The SMILES string of the molecule is O=C(c1cc(C(F)(F)F)cnc1N1CCNCC1)N1CCCC1. The predicted octanol–water partition coefficient (Wildman–Crippen LogP) is 1.75. The Morgan fingerprint density at radius 2 is 1.78 bits per heavy atom. The lowest BCUT2D eigenvalue weighted by molar-refractivity contribution is -0.137. The van der Waals surface area contributed by atoms with Crippen molar-refractivity contribution in [2.75, 3.05) is 44.2 Å². The minimum Gasteiger partial charge on any atom is -0.353 e. The standard InChI is InChI=1S/C15H19F3N4O/c16-15(17,18)11-9-12(14(23)22-5-1-2-6-22)13(20-10-11)21-7-3-19-4-8-21/h9-10,19H,1-8H2. The second kappa shape index (κ2) is 6.35. The number of alkyl halides is 3. The molecule has 2 aliphatic heterocycles. The van der Waals surface area contributed by atoms with E-state index in [2.05, 4.69) is 10.3 Å². The van der Waals surface area contributed by atoms with Crippen molar-refractivity contribution in [1.82, 2.24) is 15.2 Å². The number of likely N-dealkylation sites (tertiary alicyclic amines) is 1. The van der Waals surface area contributed by atoms with E-state index in [1.54, 1.807) is 4.90 Å². The van der Waals surface area contributed by atoms with Gasteiger partial charge in [0.15, 0.2) is 0 Å². The van der Waals surface area contributed by atoms with E-state index in [4.69, 9.17) is 0 Å². The number of halogens is 3. The molecule has 1 aromatic heterocycles. The van der Waals surface area contributed by atoms with Crippen molar-refractivity contribution in [3.8, 4) is 0 Å². The van der Waals surface area contributed by atoms with Crippen LogP contribution in [0.25, 0.3) is 0 Å². The number of rotatable bonds is 2. The Balaban J connectivity index is 1.98. The maximum absolute atomic E-state index is 13.0. The van der Waals surface area contributed by atoms with Gasteiger partial charge >= 0.3 is 6.18 Å². The lowest BCUT2D eigenvalue weighted by Gasteiger charge is -2.30. The Hall–Kier alpha value is -1.83. The van der Waals surface area contributed by atoms with Gasteiger partial charge in [0.05, 0.1) is 11.1 Å². The Morgan fingerprint density at radius 1 is 1.13 bits per heavy atom. The largest absolute Gasteiger partial charge is 0.417 e. The van der Waals surface area contributed by atoms with Crippen LogP contribution in [-0.4, -0.2) is 55.1 Å². The number of hydrogen-bond donors (Lipinski definition) is 1. The van der Waals surface area contributed by atoms with Crippen molar-refractivity contribution in [2.45, 2.75) is 19.0 Å². The summed E-state index contributed by atoms with van der Waals surface area (Å²) in [6.45, 7) is 3.88. The molecular formula is C15H19F3N4O. The zero-order valence-corrected chi connectivity index (χ0v) is 12.7. The molecule has 1 aromatic rings. The van der Waals surface area contributed by atoms with Crippen LogP contribution in [0.1, 0.15) is 28.8 Å². The van der Waals surface area contributed by atoms with Crippen LogP contribution in [0.2, 0.25) is 0 Å². The van der Waals surface area contributed by atoms with Crippen LogP contribution < -0.4 is 10.2 Å². The van der Waals surface area contributed by atoms with Crippen LogP contribution in [0.4, 0.5) is 19.0 Å². The number of carbonyl (C=O) groups is 1. The van der Waals surface area contributed by atoms with Gasteiger partial charge in [0.2, 0.25) is 0 Å². The van der Waals surface area contributed by atoms with Crippen LogP contribution in [0.15, 0.2) is 12.3 Å². The minimum atomic E-state index is -4.50. The molecule has 23 heavy (non-hydrogen) atoms. The van der Waals surface area contributed by atoms with E-state index in [1.807, 2.05) is 4.90 Å². The molecule has 2 saturated heterocycles. The van der Waals surface area contributed by atoms with Gasteiger partial charge < -0.3 is 15.1 Å². The number of piperazine rings is 1. The average Bonchev–Trinajstić information content (AvgIpc) is 3.08. The molecule has 0 bridgehead atoms. The second-order valence-electron chi connectivity index (χ2n) is 5.83. The highest BCUT2D eigenvalue weighted by molar-refractivity contribution is 5.99. The maximum atomic E-state index is 13.0. The number of anilines is 1. The van der Waals surface area contributed by atoms with Gasteiger partial charge in [-0.05, 0) is 18.9 Å². The minimum absolute atomic E-state index is 0.0589. The van der Waals surface area contributed by atoms with E-state index in [1.165, 1.54) is 0 Å². The molecule has 0 aromatic carbocycles. The highest BCUT2D eigenvalue weighted by atomic mass is 19.4. The topological polar surface area (TPSA) is 48.5 Å². The lowest BCUT2D eigenvalue weighted by atomic mass is 10.1. The van der Waals surface area contributed by atoms with Gasteiger partial charge in [0, 0.05) is 45.5 Å². The molecule has 1 N–H and O–H groups in total. The Morgan fingerprint density at radius 3 is 2.39 bits per heavy atom. The van der Waals surface area contributed by atoms with Crippen LogP contribution in [0.3, 0.4) is 0 Å². The van der Waals surface area contributed by atoms with E-state index in [9.17, 15) is 18.0 Å². The molecule has 2 aliphatic rings. The normalized spacial score (nSPS) is 19.3. The van der Waals surface area contributed by atoms with Crippen molar-refractivity contribution in [2.24, 2.45) is 0 Å². The average molecular weight is 328 g/mol. The monoisotopic (exact) mass is 328 g/mol. The zero-order chi connectivity index (χ0) is 16.4. The first kappa shape index (κ1) is 16.0. The summed E-state index contributed by atoms with van der Waals surface area (Å²) >= 11 is 0. The van der Waals surface area contributed by atoms with E-state index in [0.29, 0.717) is 32.0 Å². The first-order valence-electron chi connectivity index (χ1n) is 7.79. The molecule has 0 radical (unpaired) electrons. The molecular weight excluding hydrogens is 309 g/mol. The van der Waals surface area contributed by atoms with Gasteiger partial charge in [0.1, 0.15) is 5.82 Å². The fraction of sp³-hybridized carbons (Fsp3) is 0.600. The molecule has 2 fully saturated rings. The molecule has 3 heterocycles. The van der Waals surface area contributed by atoms with Gasteiger partial charge in [0.25, 0.3) is 5.91 Å². The second-order valence-corrected chi connectivity index (χ2v) is 5.83. The van der Waals surface area contributed by atoms with E-state index in [-0.39, 0.29) is 11.5 Å². The summed E-state index contributed by atoms with van der Waals surface area (Å²) in [5.41, 5.74) is -0.817. The Bertz CT molecular complexity index is 579. The number of carbonyl (C=O) groups excluding carboxylic acids is 1. The fourth-order valence-corrected chi connectivity index (χ4v) is 2.99. The number of aromatic nitrogens is 1. The summed E-state index contributed by atoms with van der Waals surface area (Å²) in [6.07, 6.45) is -1.91. The molecule has 0 aliphatic carbocycles. The first-order valence-corrected chi connectivity index (χ1v) is 7.79. The highest BCUT2D eigenvalue weighted by Gasteiger charge is 2.34. The summed E-state index contributed by atoms with van der Waals surface area (Å²) in [4.78, 5) is 20.1. The number of nitrogens with one attached hydrogen (secondary N) is 1. The van der Waals surface area contributed by atoms with Gasteiger partial charge in [-0.25, -0.2) is 4.98 Å². The molecule has 3 rings (SSSR count). The third kappa shape index (κ3) is 3.41. The number of hydrogen-bond acceptors (Lipinski definition) is 4. The van der Waals surface area contributed by atoms with Crippen LogP contribution in [-0.2, 0) is 6.18 Å². The van der Waals surface area contributed by atoms with E-state index in [0.717, 1.165) is 38.2 Å². The van der Waals surface area contributed by atoms with Gasteiger partial charge in [-0.1, -0.05) is 0 Å². The van der Waals surface area contributed by atoms with Crippen LogP contribution in [0.5, 0.6) is 0 Å². The van der Waals surface area contributed by atoms with Crippen molar-refractivity contribution in [1.29, 1.82) is 0 Å². The van der Waals surface area contributed by atoms with Crippen LogP contribution in [0, 0.1) is 0 Å². The molecule has 8 heteroatoms. The zero-order valence-electron chi connectivity index (χ0n) is 12.7. The predicted molar refractivity (Wildman–Crippen MR) is 79.5 cm³/mol. The van der Waals surface area contributed by atoms with Crippen molar-refractivity contribution < 1.29 is 18.0 Å². The summed E-state index contributed by atoms with van der Waals surface area (Å²) in [7, 11) is 0. The molecule has 0 saturated carbocycles. The highest BCUT2D eigenvalue weighted by Crippen LogP contribution is 2.32. The quantitative estimate of drug-likeness (QED) is 0.898. The van der Waals surface area contributed by atoms with Crippen molar-refractivity contribution in [3.63, 3.8) is 0 Å². The fourth-order valence-electron chi connectivity index (χ4n) is 2.99. The molecule has 0 unspecified atom stereocenters. The first-order chi connectivity index (χ1) is 11.0. The smallest absolute Gasteiger partial charge is 0.353 e. The van der Waals surface area contributed by atoms with E-state index >= 15 is 0 Å². The third-order valence-electron chi connectivity index (χ3n) is 4.23. The third-order valence-corrected chi connectivity index (χ3v) is 4.23. The number of amides is 1. The summed E-state index contributed by atoms with van der Waals surface area (Å²) < 4.78 is 39.0. The molecule has 0 spiro atoms. The summed E-state index contributed by atoms with van der Waals surface area (Å²) in [6, 6.07) is 0.949. The van der Waals surface area contributed by atoms with Crippen molar-refractivity contribution in [3.05, 3.63) is 23.4 Å².